The van der Waals surface area contributed by atoms with Crippen LogP contribution >= 0.6 is 0 Å². The molecule has 1 amide bonds. The Balaban J connectivity index is 2.09. The molecule has 1 aromatic carbocycles. The van der Waals surface area contributed by atoms with E-state index in [4.69, 9.17) is 4.42 Å². The molecule has 0 aliphatic heterocycles. The summed E-state index contributed by atoms with van der Waals surface area (Å²) >= 11 is 0. The van der Waals surface area contributed by atoms with Crippen molar-refractivity contribution in [3.63, 3.8) is 0 Å². The van der Waals surface area contributed by atoms with Gasteiger partial charge in [-0.2, -0.15) is 0 Å². The number of amides is 1. The molecule has 6 nitrogen and oxygen atoms in total. The van der Waals surface area contributed by atoms with Gasteiger partial charge < -0.3 is 14.3 Å². The third-order valence-corrected chi connectivity index (χ3v) is 3.35. The van der Waals surface area contributed by atoms with Crippen LogP contribution < -0.4 is 10.9 Å². The van der Waals surface area contributed by atoms with E-state index < -0.39 is 23.1 Å². The molecule has 0 aliphatic carbocycles. The van der Waals surface area contributed by atoms with Gasteiger partial charge in [-0.25, -0.2) is 13.8 Å². The number of hydrogen-bond donors (Lipinski definition) is 1. The number of aromatic nitrogens is 2. The van der Waals surface area contributed by atoms with Crippen LogP contribution in [-0.2, 0) is 7.05 Å². The second-order valence-electron chi connectivity index (χ2n) is 4.95. The summed E-state index contributed by atoms with van der Waals surface area (Å²) in [5, 5.41) is 2.31. The van der Waals surface area contributed by atoms with Crippen LogP contribution in [0.1, 0.15) is 16.1 Å². The van der Waals surface area contributed by atoms with Gasteiger partial charge in [0.1, 0.15) is 29.1 Å². The minimum absolute atomic E-state index is 0.00696. The molecule has 0 aliphatic rings. The van der Waals surface area contributed by atoms with Crippen LogP contribution in [0, 0.1) is 18.6 Å². The molecule has 2 heterocycles. The van der Waals surface area contributed by atoms with Gasteiger partial charge in [0.05, 0.1) is 11.3 Å². The molecule has 8 heteroatoms. The Bertz CT molecular complexity index is 992. The number of nitrogens with one attached hydrogen (secondary N) is 1. The number of hydrogen-bond acceptors (Lipinski definition) is 4. The molecule has 0 radical (unpaired) electrons. The second-order valence-corrected chi connectivity index (χ2v) is 4.95. The number of rotatable bonds is 2. The summed E-state index contributed by atoms with van der Waals surface area (Å²) in [4.78, 5) is 28.5. The van der Waals surface area contributed by atoms with E-state index in [0.29, 0.717) is 6.07 Å². The molecular weight excluding hydrogens is 308 g/mol. The molecule has 118 valence electrons. The quantitative estimate of drug-likeness (QED) is 0.786. The number of aryl methyl sites for hydroxylation is 2. The van der Waals surface area contributed by atoms with Crippen LogP contribution in [0.3, 0.4) is 0 Å². The lowest BCUT2D eigenvalue weighted by Gasteiger charge is -2.06. The van der Waals surface area contributed by atoms with Gasteiger partial charge in [-0.1, -0.05) is 0 Å². The highest BCUT2D eigenvalue weighted by Crippen LogP contribution is 2.23. The molecule has 23 heavy (non-hydrogen) atoms. The van der Waals surface area contributed by atoms with Gasteiger partial charge in [0.25, 0.3) is 11.5 Å². The predicted molar refractivity (Wildman–Crippen MR) is 78.3 cm³/mol. The largest absolute Gasteiger partial charge is 0.442 e. The highest BCUT2D eigenvalue weighted by Gasteiger charge is 2.23. The first-order valence-electron chi connectivity index (χ1n) is 6.59. The van der Waals surface area contributed by atoms with Gasteiger partial charge in [0.15, 0.2) is 0 Å². The molecule has 0 saturated carbocycles. The topological polar surface area (TPSA) is 77.1 Å². The molecule has 1 N–H and O–H groups in total. The summed E-state index contributed by atoms with van der Waals surface area (Å²) in [5.41, 5.74) is -0.671. The number of anilines is 1. The Morgan fingerprint density at radius 2 is 2.09 bits per heavy atom. The summed E-state index contributed by atoms with van der Waals surface area (Å²) in [7, 11) is 1.48. The average molecular weight is 319 g/mol. The summed E-state index contributed by atoms with van der Waals surface area (Å²) < 4.78 is 33.1. The zero-order valence-electron chi connectivity index (χ0n) is 12.2. The Hall–Kier alpha value is -3.03. The molecule has 3 rings (SSSR count). The van der Waals surface area contributed by atoms with Crippen molar-refractivity contribution in [2.24, 2.45) is 7.05 Å². The van der Waals surface area contributed by atoms with E-state index in [0.717, 1.165) is 12.1 Å². The van der Waals surface area contributed by atoms with Crippen molar-refractivity contribution in [2.45, 2.75) is 6.92 Å². The third kappa shape index (κ3) is 2.48. The van der Waals surface area contributed by atoms with Crippen molar-refractivity contribution in [1.82, 2.24) is 9.55 Å². The van der Waals surface area contributed by atoms with E-state index in [1.54, 1.807) is 0 Å². The maximum Gasteiger partial charge on any atom is 0.265 e. The summed E-state index contributed by atoms with van der Waals surface area (Å²) in [6, 6.07) is 2.76. The highest BCUT2D eigenvalue weighted by atomic mass is 19.1. The molecule has 0 saturated heterocycles. The summed E-state index contributed by atoms with van der Waals surface area (Å²) in [5.74, 6) is -2.24. The van der Waals surface area contributed by atoms with Gasteiger partial charge in [-0.05, 0) is 19.1 Å². The molecule has 0 spiro atoms. The second kappa shape index (κ2) is 5.31. The van der Waals surface area contributed by atoms with Crippen LogP contribution in [0.15, 0.2) is 33.7 Å². The number of carbonyl (C=O) groups excluding carboxylic acids is 1. The normalized spacial score (nSPS) is 11.0. The first kappa shape index (κ1) is 14.9. The van der Waals surface area contributed by atoms with E-state index in [1.165, 1.54) is 24.9 Å². The van der Waals surface area contributed by atoms with Gasteiger partial charge in [0, 0.05) is 13.1 Å². The number of carbonyl (C=O) groups is 1. The Labute approximate surface area is 128 Å². The smallest absolute Gasteiger partial charge is 0.265 e. The maximum absolute atomic E-state index is 13.7. The molecular formula is C15H11F2N3O3. The summed E-state index contributed by atoms with van der Waals surface area (Å²) in [6.07, 6.45) is 1.27. The number of benzene rings is 1. The van der Waals surface area contributed by atoms with Crippen molar-refractivity contribution in [1.29, 1.82) is 0 Å². The van der Waals surface area contributed by atoms with Crippen LogP contribution in [0.25, 0.3) is 11.1 Å². The van der Waals surface area contributed by atoms with Crippen molar-refractivity contribution < 1.29 is 18.0 Å². The predicted octanol–water partition coefficient (Wildman–Crippen LogP) is 2.37. The van der Waals surface area contributed by atoms with Crippen LogP contribution in [0.4, 0.5) is 14.5 Å². The molecule has 0 unspecified atom stereocenters. The molecule has 3 aromatic rings. The molecule has 0 atom stereocenters. The molecule has 0 bridgehead atoms. The van der Waals surface area contributed by atoms with E-state index in [2.05, 4.69) is 10.3 Å². The Kier molecular flexibility index (Phi) is 3.44. The van der Waals surface area contributed by atoms with Gasteiger partial charge in [-0.15, -0.1) is 0 Å². The fourth-order valence-electron chi connectivity index (χ4n) is 2.24. The number of nitrogens with zero attached hydrogens (tertiary/aromatic N) is 2. The number of fused-ring (bicyclic) bond motifs is 1. The van der Waals surface area contributed by atoms with E-state index in [1.807, 2.05) is 0 Å². The van der Waals surface area contributed by atoms with Crippen molar-refractivity contribution >= 4 is 22.7 Å². The fourth-order valence-corrected chi connectivity index (χ4v) is 2.24. The lowest BCUT2D eigenvalue weighted by molar-refractivity contribution is 0.102. The van der Waals surface area contributed by atoms with Crippen LogP contribution in [-0.4, -0.2) is 15.5 Å². The Morgan fingerprint density at radius 1 is 1.35 bits per heavy atom. The van der Waals surface area contributed by atoms with Gasteiger partial charge in [-0.3, -0.25) is 9.59 Å². The van der Waals surface area contributed by atoms with E-state index in [-0.39, 0.29) is 28.1 Å². The third-order valence-electron chi connectivity index (χ3n) is 3.35. The SMILES string of the molecule is Cc1oc2ncn(C)c(=O)c2c1C(=O)Nc1ccc(F)cc1F. The van der Waals surface area contributed by atoms with Crippen molar-refractivity contribution in [3.8, 4) is 0 Å². The Morgan fingerprint density at radius 3 is 2.78 bits per heavy atom. The first-order chi connectivity index (χ1) is 10.9. The van der Waals surface area contributed by atoms with Gasteiger partial charge >= 0.3 is 0 Å². The van der Waals surface area contributed by atoms with E-state index in [9.17, 15) is 18.4 Å². The zero-order valence-corrected chi connectivity index (χ0v) is 12.2. The molecule has 2 aromatic heterocycles. The fraction of sp³-hybridized carbons (Fsp3) is 0.133. The monoisotopic (exact) mass is 319 g/mol. The average Bonchev–Trinajstić information content (AvgIpc) is 2.83. The van der Waals surface area contributed by atoms with Gasteiger partial charge in [0.2, 0.25) is 5.71 Å². The van der Waals surface area contributed by atoms with Crippen molar-refractivity contribution in [2.75, 3.05) is 5.32 Å². The van der Waals surface area contributed by atoms with Crippen LogP contribution in [0.2, 0.25) is 0 Å². The van der Waals surface area contributed by atoms with E-state index >= 15 is 0 Å². The minimum Gasteiger partial charge on any atom is -0.442 e. The first-order valence-corrected chi connectivity index (χ1v) is 6.59. The number of halogens is 2. The highest BCUT2D eigenvalue weighted by molar-refractivity contribution is 6.12. The minimum atomic E-state index is -0.921. The van der Waals surface area contributed by atoms with Crippen LogP contribution in [0.5, 0.6) is 0 Å². The van der Waals surface area contributed by atoms with Crippen molar-refractivity contribution in [3.05, 3.63) is 57.8 Å². The lowest BCUT2D eigenvalue weighted by Crippen LogP contribution is -2.21. The molecule has 0 fully saturated rings. The standard InChI is InChI=1S/C15H11F2N3O3/c1-7-11(12-14(23-7)18-6-20(2)15(12)22)13(21)19-10-4-3-8(16)5-9(10)17/h3-6H,1-2H3,(H,19,21). The lowest BCUT2D eigenvalue weighted by atomic mass is 10.1. The number of furan rings is 1. The zero-order chi connectivity index (χ0) is 16.7. The summed E-state index contributed by atoms with van der Waals surface area (Å²) in [6.45, 7) is 1.50. The maximum atomic E-state index is 13.7.